The molecule has 1 fully saturated rings. The Morgan fingerprint density at radius 3 is 2.49 bits per heavy atom. The van der Waals surface area contributed by atoms with Crippen molar-refractivity contribution in [2.75, 3.05) is 32.8 Å². The Balaban J connectivity index is 1.60. The Morgan fingerprint density at radius 1 is 1.11 bits per heavy atom. The summed E-state index contributed by atoms with van der Waals surface area (Å²) in [5.41, 5.74) is 1.26. The number of hydrogen-bond acceptors (Lipinski definition) is 6. The van der Waals surface area contributed by atoms with Gasteiger partial charge in [0.2, 0.25) is 11.8 Å². The van der Waals surface area contributed by atoms with E-state index in [1.807, 2.05) is 42.1 Å². The van der Waals surface area contributed by atoms with E-state index in [2.05, 4.69) is 10.3 Å². The number of para-hydroxylation sites is 1. The van der Waals surface area contributed by atoms with E-state index in [4.69, 9.17) is 25.8 Å². The molecule has 35 heavy (non-hydrogen) atoms. The summed E-state index contributed by atoms with van der Waals surface area (Å²) in [6, 6.07) is 10.1. The smallest absolute Gasteiger partial charge is 0.227 e. The van der Waals surface area contributed by atoms with Crippen molar-refractivity contribution in [3.05, 3.63) is 65.2 Å². The molecular weight excluding hydrogens is 472 g/mol. The fourth-order valence-electron chi connectivity index (χ4n) is 4.27. The van der Waals surface area contributed by atoms with E-state index in [1.54, 1.807) is 25.4 Å². The standard InChI is InChI=1S/C25H27ClN4O5/c1-29-10-9-27-24(29)23(16-7-5-6-8-19(16)33-2)28-25(32)15-11-22(31)30(14-15)18-12-17(26)20(34-3)13-21(18)35-4/h5-10,12-13,15,23H,11,14H2,1-4H3,(H,28,32)/t15-,23+/m1/s1. The van der Waals surface area contributed by atoms with Crippen LogP contribution >= 0.6 is 11.6 Å². The van der Waals surface area contributed by atoms with Crippen molar-refractivity contribution in [2.45, 2.75) is 12.5 Å². The number of methoxy groups -OCH3 is 3. The molecule has 10 heteroatoms. The zero-order valence-electron chi connectivity index (χ0n) is 19.9. The highest BCUT2D eigenvalue weighted by molar-refractivity contribution is 6.32. The second-order valence-electron chi connectivity index (χ2n) is 8.14. The van der Waals surface area contributed by atoms with Gasteiger partial charge in [-0.25, -0.2) is 4.98 Å². The number of aryl methyl sites for hydroxylation is 1. The van der Waals surface area contributed by atoms with Gasteiger partial charge in [-0.15, -0.1) is 0 Å². The quantitative estimate of drug-likeness (QED) is 0.511. The Morgan fingerprint density at radius 2 is 1.83 bits per heavy atom. The summed E-state index contributed by atoms with van der Waals surface area (Å²) in [5, 5.41) is 3.43. The molecule has 1 aliphatic heterocycles. The Kier molecular flexibility index (Phi) is 7.16. The summed E-state index contributed by atoms with van der Waals surface area (Å²) in [6.07, 6.45) is 3.53. The number of carbonyl (C=O) groups is 2. The van der Waals surface area contributed by atoms with Crippen LogP contribution in [0.3, 0.4) is 0 Å². The number of aromatic nitrogens is 2. The minimum Gasteiger partial charge on any atom is -0.496 e. The lowest BCUT2D eigenvalue weighted by molar-refractivity contribution is -0.126. The number of nitrogens with one attached hydrogen (secondary N) is 1. The van der Waals surface area contributed by atoms with Gasteiger partial charge in [0, 0.05) is 44.0 Å². The maximum absolute atomic E-state index is 13.4. The van der Waals surface area contributed by atoms with Gasteiger partial charge in [0.05, 0.1) is 38.0 Å². The molecule has 9 nitrogen and oxygen atoms in total. The number of ether oxygens (including phenoxy) is 3. The first kappa shape index (κ1) is 24.4. The third kappa shape index (κ3) is 4.77. The summed E-state index contributed by atoms with van der Waals surface area (Å²) >= 11 is 6.30. The van der Waals surface area contributed by atoms with E-state index >= 15 is 0 Å². The molecule has 2 heterocycles. The first-order valence-corrected chi connectivity index (χ1v) is 11.4. The zero-order valence-corrected chi connectivity index (χ0v) is 20.7. The molecule has 1 saturated heterocycles. The lowest BCUT2D eigenvalue weighted by Crippen LogP contribution is -2.37. The molecule has 1 aliphatic rings. The number of carbonyl (C=O) groups excluding carboxylic acids is 2. The highest BCUT2D eigenvalue weighted by Gasteiger charge is 2.38. The largest absolute Gasteiger partial charge is 0.496 e. The number of halogens is 1. The van der Waals surface area contributed by atoms with Crippen LogP contribution in [0.5, 0.6) is 17.2 Å². The van der Waals surface area contributed by atoms with Crippen LogP contribution in [-0.2, 0) is 16.6 Å². The molecular formula is C25H27ClN4O5. The van der Waals surface area contributed by atoms with E-state index in [0.717, 1.165) is 5.56 Å². The molecule has 1 aromatic heterocycles. The summed E-state index contributed by atoms with van der Waals surface area (Å²) in [4.78, 5) is 32.3. The van der Waals surface area contributed by atoms with Crippen LogP contribution in [0.1, 0.15) is 23.9 Å². The van der Waals surface area contributed by atoms with Gasteiger partial charge in [-0.2, -0.15) is 0 Å². The van der Waals surface area contributed by atoms with Crippen LogP contribution in [0, 0.1) is 5.92 Å². The first-order valence-electron chi connectivity index (χ1n) is 11.0. The minimum absolute atomic E-state index is 0.0534. The number of benzene rings is 2. The predicted octanol–water partition coefficient (Wildman–Crippen LogP) is 3.36. The highest BCUT2D eigenvalue weighted by atomic mass is 35.5. The maximum Gasteiger partial charge on any atom is 0.227 e. The highest BCUT2D eigenvalue weighted by Crippen LogP contribution is 2.40. The maximum atomic E-state index is 13.4. The topological polar surface area (TPSA) is 94.9 Å². The fraction of sp³-hybridized carbons (Fsp3) is 0.320. The lowest BCUT2D eigenvalue weighted by atomic mass is 10.0. The van der Waals surface area contributed by atoms with Crippen LogP contribution in [0.2, 0.25) is 5.02 Å². The van der Waals surface area contributed by atoms with Crippen LogP contribution in [-0.4, -0.2) is 49.2 Å². The molecule has 3 aromatic rings. The van der Waals surface area contributed by atoms with Crippen LogP contribution in [0.25, 0.3) is 0 Å². The summed E-state index contributed by atoms with van der Waals surface area (Å²) in [5.74, 6) is 1.10. The molecule has 184 valence electrons. The molecule has 0 bridgehead atoms. The molecule has 0 unspecified atom stereocenters. The van der Waals surface area contributed by atoms with E-state index in [9.17, 15) is 9.59 Å². The fourth-order valence-corrected chi connectivity index (χ4v) is 4.51. The normalized spacial score (nSPS) is 16.2. The molecule has 2 amide bonds. The number of nitrogens with zero attached hydrogens (tertiary/aromatic N) is 3. The second kappa shape index (κ2) is 10.3. The molecule has 4 rings (SSSR count). The SMILES string of the molecule is COc1cc(OC)c(N2C[C@H](C(=O)N[C@@H](c3ccccc3OC)c3nccn3C)CC2=O)cc1Cl. The monoisotopic (exact) mass is 498 g/mol. The molecule has 0 aliphatic carbocycles. The van der Waals surface area contributed by atoms with Gasteiger partial charge >= 0.3 is 0 Å². The molecule has 0 radical (unpaired) electrons. The van der Waals surface area contributed by atoms with Gasteiger partial charge in [-0.05, 0) is 12.1 Å². The molecule has 2 atom stereocenters. The van der Waals surface area contributed by atoms with Crippen molar-refractivity contribution in [3.63, 3.8) is 0 Å². The third-order valence-corrected chi connectivity index (χ3v) is 6.39. The van der Waals surface area contributed by atoms with Gasteiger partial charge in [-0.1, -0.05) is 29.8 Å². The Bertz CT molecular complexity index is 1240. The zero-order chi connectivity index (χ0) is 25.1. The van der Waals surface area contributed by atoms with Crippen molar-refractivity contribution in [1.29, 1.82) is 0 Å². The van der Waals surface area contributed by atoms with Crippen molar-refractivity contribution in [3.8, 4) is 17.2 Å². The van der Waals surface area contributed by atoms with Crippen LogP contribution < -0.4 is 24.4 Å². The van der Waals surface area contributed by atoms with Crippen LogP contribution in [0.15, 0.2) is 48.8 Å². The Labute approximate surface area is 208 Å². The van der Waals surface area contributed by atoms with E-state index in [1.165, 1.54) is 19.1 Å². The van der Waals surface area contributed by atoms with Gasteiger partial charge in [0.25, 0.3) is 0 Å². The molecule has 2 aromatic carbocycles. The van der Waals surface area contributed by atoms with Gasteiger partial charge in [0.15, 0.2) is 0 Å². The molecule has 0 spiro atoms. The van der Waals surface area contributed by atoms with Crippen molar-refractivity contribution < 1.29 is 23.8 Å². The first-order chi connectivity index (χ1) is 16.9. The number of anilines is 1. The predicted molar refractivity (Wildman–Crippen MR) is 131 cm³/mol. The average Bonchev–Trinajstić information content (AvgIpc) is 3.47. The average molecular weight is 499 g/mol. The Hall–Kier alpha value is -3.72. The van der Waals surface area contributed by atoms with Crippen molar-refractivity contribution in [1.82, 2.24) is 14.9 Å². The number of amides is 2. The van der Waals surface area contributed by atoms with E-state index in [-0.39, 0.29) is 24.8 Å². The molecule has 1 N–H and O–H groups in total. The third-order valence-electron chi connectivity index (χ3n) is 6.09. The number of rotatable bonds is 8. The molecule has 0 saturated carbocycles. The number of hydrogen-bond donors (Lipinski definition) is 1. The lowest BCUT2D eigenvalue weighted by Gasteiger charge is -2.23. The van der Waals surface area contributed by atoms with Crippen LogP contribution in [0.4, 0.5) is 5.69 Å². The van der Waals surface area contributed by atoms with Gasteiger partial charge in [0.1, 0.15) is 29.1 Å². The second-order valence-corrected chi connectivity index (χ2v) is 8.55. The van der Waals surface area contributed by atoms with Gasteiger partial charge in [-0.3, -0.25) is 9.59 Å². The minimum atomic E-state index is -0.578. The summed E-state index contributed by atoms with van der Waals surface area (Å²) in [7, 11) is 6.44. The summed E-state index contributed by atoms with van der Waals surface area (Å²) < 4.78 is 18.1. The van der Waals surface area contributed by atoms with Crippen molar-refractivity contribution in [2.24, 2.45) is 13.0 Å². The van der Waals surface area contributed by atoms with Crippen molar-refractivity contribution >= 4 is 29.1 Å². The van der Waals surface area contributed by atoms with Gasteiger partial charge < -0.3 is 29.0 Å². The van der Waals surface area contributed by atoms with E-state index < -0.39 is 12.0 Å². The van der Waals surface area contributed by atoms with E-state index in [0.29, 0.717) is 33.8 Å². The summed E-state index contributed by atoms with van der Waals surface area (Å²) in [6.45, 7) is 0.183. The number of imidazole rings is 1.